The number of carbonyl (C=O) groups is 1. The Morgan fingerprint density at radius 1 is 1.25 bits per heavy atom. The molecule has 0 aliphatic carbocycles. The first kappa shape index (κ1) is 15.0. The van der Waals surface area contributed by atoms with Crippen LogP contribution >= 0.6 is 0 Å². The van der Waals surface area contributed by atoms with E-state index in [9.17, 15) is 4.79 Å². The molecule has 110 valence electrons. The van der Waals surface area contributed by atoms with Gasteiger partial charge in [0.1, 0.15) is 5.75 Å². The van der Waals surface area contributed by atoms with Crippen molar-refractivity contribution in [2.75, 3.05) is 40.3 Å². The number of benzene rings is 1. The second-order valence-electron chi connectivity index (χ2n) is 6.10. The molecule has 0 radical (unpaired) electrons. The molecule has 1 aromatic rings. The number of methoxy groups -OCH3 is 1. The quantitative estimate of drug-likeness (QED) is 0.786. The van der Waals surface area contributed by atoms with Crippen LogP contribution in [0.4, 0.5) is 0 Å². The van der Waals surface area contributed by atoms with Crippen LogP contribution in [0.5, 0.6) is 5.75 Å². The van der Waals surface area contributed by atoms with Crippen molar-refractivity contribution in [1.29, 1.82) is 0 Å². The smallest absolute Gasteiger partial charge is 0.176 e. The molecule has 1 aromatic carbocycles. The van der Waals surface area contributed by atoms with Gasteiger partial charge < -0.3 is 4.74 Å². The molecule has 4 nitrogen and oxygen atoms in total. The first-order chi connectivity index (χ1) is 9.42. The summed E-state index contributed by atoms with van der Waals surface area (Å²) < 4.78 is 5.11. The van der Waals surface area contributed by atoms with Gasteiger partial charge in [0.25, 0.3) is 0 Å². The Labute approximate surface area is 121 Å². The minimum Gasteiger partial charge on any atom is -0.497 e. The van der Waals surface area contributed by atoms with E-state index in [1.807, 2.05) is 24.3 Å². The number of ether oxygens (including phenoxy) is 1. The van der Waals surface area contributed by atoms with E-state index in [2.05, 4.69) is 30.7 Å². The van der Waals surface area contributed by atoms with Crippen LogP contribution in [-0.4, -0.2) is 61.5 Å². The maximum atomic E-state index is 12.3. The molecule has 0 saturated carbocycles. The highest BCUT2D eigenvalue weighted by molar-refractivity contribution is 5.97. The maximum absolute atomic E-state index is 12.3. The zero-order valence-electron chi connectivity index (χ0n) is 12.8. The van der Waals surface area contributed by atoms with Crippen molar-refractivity contribution < 1.29 is 9.53 Å². The lowest BCUT2D eigenvalue weighted by molar-refractivity contribution is 0.0390. The molecule has 0 aromatic heterocycles. The van der Waals surface area contributed by atoms with Crippen molar-refractivity contribution in [3.05, 3.63) is 29.8 Å². The summed E-state index contributed by atoms with van der Waals surface area (Å²) >= 11 is 0. The molecule has 0 amide bonds. The minimum atomic E-state index is 0.123. The number of hydrogen-bond donors (Lipinski definition) is 0. The molecular weight excluding hydrogens is 252 g/mol. The van der Waals surface area contributed by atoms with E-state index in [0.29, 0.717) is 6.54 Å². The second kappa shape index (κ2) is 5.94. The fourth-order valence-electron chi connectivity index (χ4n) is 2.55. The zero-order chi connectivity index (χ0) is 14.8. The van der Waals surface area contributed by atoms with Gasteiger partial charge in [0, 0.05) is 30.7 Å². The Hall–Kier alpha value is -1.39. The highest BCUT2D eigenvalue weighted by atomic mass is 16.5. The maximum Gasteiger partial charge on any atom is 0.176 e. The first-order valence-electron chi connectivity index (χ1n) is 7.03. The Balaban J connectivity index is 1.97. The van der Waals surface area contributed by atoms with Crippen LogP contribution in [0.2, 0.25) is 0 Å². The van der Waals surface area contributed by atoms with Gasteiger partial charge in [-0.15, -0.1) is 0 Å². The fourth-order valence-corrected chi connectivity index (χ4v) is 2.55. The monoisotopic (exact) mass is 276 g/mol. The number of Topliss-reactive ketones (excluding diaryl/α,β-unsaturated/α-hetero) is 1. The predicted octanol–water partition coefficient (Wildman–Crippen LogP) is 1.90. The number of carbonyl (C=O) groups excluding carboxylic acids is 1. The topological polar surface area (TPSA) is 32.8 Å². The van der Waals surface area contributed by atoms with Crippen molar-refractivity contribution in [2.24, 2.45) is 0 Å². The fraction of sp³-hybridized carbons (Fsp3) is 0.562. The van der Waals surface area contributed by atoms with E-state index in [0.717, 1.165) is 30.9 Å². The number of ketones is 1. The van der Waals surface area contributed by atoms with Crippen molar-refractivity contribution in [2.45, 2.75) is 19.4 Å². The second-order valence-corrected chi connectivity index (χ2v) is 6.10. The van der Waals surface area contributed by atoms with Crippen LogP contribution in [0.3, 0.4) is 0 Å². The van der Waals surface area contributed by atoms with Crippen molar-refractivity contribution in [3.63, 3.8) is 0 Å². The molecule has 20 heavy (non-hydrogen) atoms. The average Bonchev–Trinajstić information content (AvgIpc) is 2.42. The standard InChI is InChI=1S/C16H24N2O2/c1-16(2)12-18(10-9-17(16)3)11-15(19)13-5-7-14(20-4)8-6-13/h5-8H,9-12H2,1-4H3. The molecule has 1 saturated heterocycles. The lowest BCUT2D eigenvalue weighted by Crippen LogP contribution is -2.58. The highest BCUT2D eigenvalue weighted by Crippen LogP contribution is 2.19. The van der Waals surface area contributed by atoms with Gasteiger partial charge in [0.05, 0.1) is 13.7 Å². The van der Waals surface area contributed by atoms with E-state index in [-0.39, 0.29) is 11.3 Å². The third-order valence-corrected chi connectivity index (χ3v) is 4.17. The lowest BCUT2D eigenvalue weighted by Gasteiger charge is -2.45. The third-order valence-electron chi connectivity index (χ3n) is 4.17. The predicted molar refractivity (Wildman–Crippen MR) is 80.5 cm³/mol. The molecule has 1 fully saturated rings. The van der Waals surface area contributed by atoms with Crippen LogP contribution in [0.25, 0.3) is 0 Å². The van der Waals surface area contributed by atoms with Gasteiger partial charge in [-0.3, -0.25) is 14.6 Å². The van der Waals surface area contributed by atoms with Crippen molar-refractivity contribution in [1.82, 2.24) is 9.80 Å². The molecule has 1 aliphatic heterocycles. The number of likely N-dealkylation sites (N-methyl/N-ethyl adjacent to an activating group) is 1. The van der Waals surface area contributed by atoms with E-state index >= 15 is 0 Å². The summed E-state index contributed by atoms with van der Waals surface area (Å²) in [5, 5.41) is 0. The largest absolute Gasteiger partial charge is 0.497 e. The third kappa shape index (κ3) is 3.38. The number of rotatable bonds is 4. The molecule has 0 N–H and O–H groups in total. The van der Waals surface area contributed by atoms with Crippen LogP contribution in [0.1, 0.15) is 24.2 Å². The van der Waals surface area contributed by atoms with Crippen LogP contribution in [0, 0.1) is 0 Å². The molecule has 1 heterocycles. The van der Waals surface area contributed by atoms with Gasteiger partial charge in [-0.2, -0.15) is 0 Å². The summed E-state index contributed by atoms with van der Waals surface area (Å²) in [5.74, 6) is 0.954. The lowest BCUT2D eigenvalue weighted by atomic mass is 9.99. The molecule has 1 aliphatic rings. The van der Waals surface area contributed by atoms with Gasteiger partial charge >= 0.3 is 0 Å². The average molecular weight is 276 g/mol. The summed E-state index contributed by atoms with van der Waals surface area (Å²) in [4.78, 5) is 16.9. The highest BCUT2D eigenvalue weighted by Gasteiger charge is 2.31. The molecule has 0 atom stereocenters. The molecular formula is C16H24N2O2. The SMILES string of the molecule is COc1ccc(C(=O)CN2CCN(C)C(C)(C)C2)cc1. The molecule has 0 unspecified atom stereocenters. The Morgan fingerprint density at radius 2 is 1.90 bits per heavy atom. The van der Waals surface area contributed by atoms with Crippen molar-refractivity contribution in [3.8, 4) is 5.75 Å². The van der Waals surface area contributed by atoms with Gasteiger partial charge in [0.2, 0.25) is 0 Å². The van der Waals surface area contributed by atoms with Gasteiger partial charge in [-0.25, -0.2) is 0 Å². The Morgan fingerprint density at radius 3 is 2.45 bits per heavy atom. The summed E-state index contributed by atoms with van der Waals surface area (Å²) in [5.41, 5.74) is 0.876. The van der Waals surface area contributed by atoms with Gasteiger partial charge in [0.15, 0.2) is 5.78 Å². The van der Waals surface area contributed by atoms with Crippen LogP contribution < -0.4 is 4.74 Å². The van der Waals surface area contributed by atoms with E-state index in [1.165, 1.54) is 0 Å². The summed E-state index contributed by atoms with van der Waals surface area (Å²) in [6.07, 6.45) is 0. The van der Waals surface area contributed by atoms with E-state index in [4.69, 9.17) is 4.74 Å². The number of nitrogens with zero attached hydrogens (tertiary/aromatic N) is 2. The Kier molecular flexibility index (Phi) is 4.45. The molecule has 0 spiro atoms. The zero-order valence-corrected chi connectivity index (χ0v) is 12.8. The molecule has 2 rings (SSSR count). The van der Waals surface area contributed by atoms with Gasteiger partial charge in [-0.05, 0) is 45.2 Å². The number of piperazine rings is 1. The summed E-state index contributed by atoms with van der Waals surface area (Å²) in [7, 11) is 3.77. The first-order valence-corrected chi connectivity index (χ1v) is 7.03. The number of hydrogen-bond acceptors (Lipinski definition) is 4. The molecule has 4 heteroatoms. The molecule has 0 bridgehead atoms. The van der Waals surface area contributed by atoms with Crippen LogP contribution in [-0.2, 0) is 0 Å². The minimum absolute atomic E-state index is 0.123. The Bertz CT molecular complexity index is 468. The summed E-state index contributed by atoms with van der Waals surface area (Å²) in [6, 6.07) is 7.34. The van der Waals surface area contributed by atoms with E-state index < -0.39 is 0 Å². The van der Waals surface area contributed by atoms with Gasteiger partial charge in [-0.1, -0.05) is 0 Å². The van der Waals surface area contributed by atoms with Crippen molar-refractivity contribution >= 4 is 5.78 Å². The normalized spacial score (nSPS) is 19.8. The van der Waals surface area contributed by atoms with Crippen LogP contribution in [0.15, 0.2) is 24.3 Å². The van der Waals surface area contributed by atoms with E-state index in [1.54, 1.807) is 7.11 Å². The summed E-state index contributed by atoms with van der Waals surface area (Å²) in [6.45, 7) is 7.80.